The Balaban J connectivity index is 1.61. The van der Waals surface area contributed by atoms with Crippen molar-refractivity contribution in [3.8, 4) is 0 Å². The first-order valence-corrected chi connectivity index (χ1v) is 8.85. The number of benzene rings is 2. The second kappa shape index (κ2) is 6.88. The molecule has 0 bridgehead atoms. The van der Waals surface area contributed by atoms with Crippen molar-refractivity contribution in [1.82, 2.24) is 19.2 Å². The monoisotopic (exact) mass is 379 g/mol. The highest BCUT2D eigenvalue weighted by Crippen LogP contribution is 2.18. The van der Waals surface area contributed by atoms with Gasteiger partial charge in [0, 0.05) is 11.1 Å². The van der Waals surface area contributed by atoms with Crippen molar-refractivity contribution >= 4 is 28.1 Å². The van der Waals surface area contributed by atoms with Crippen LogP contribution in [0, 0.1) is 5.82 Å². The van der Waals surface area contributed by atoms with Gasteiger partial charge in [0.1, 0.15) is 18.7 Å². The second-order valence-electron chi connectivity index (χ2n) is 6.86. The van der Waals surface area contributed by atoms with Crippen LogP contribution in [0.3, 0.4) is 0 Å². The molecule has 0 aliphatic rings. The predicted octanol–water partition coefficient (Wildman–Crippen LogP) is 2.95. The number of nitrogens with zero attached hydrogens (tertiary/aromatic N) is 4. The Morgan fingerprint density at radius 1 is 1.18 bits per heavy atom. The topological polar surface area (TPSA) is 81.3 Å². The molecule has 2 aromatic carbocycles. The summed E-state index contributed by atoms with van der Waals surface area (Å²) in [6, 6.07) is 11.6. The first kappa shape index (κ1) is 17.8. The average Bonchev–Trinajstić information content (AvgIpc) is 2.98. The Bertz CT molecular complexity index is 1240. The maximum absolute atomic E-state index is 13.6. The summed E-state index contributed by atoms with van der Waals surface area (Å²) in [7, 11) is 0. The fourth-order valence-electron chi connectivity index (χ4n) is 3.02. The van der Waals surface area contributed by atoms with Crippen molar-refractivity contribution in [2.45, 2.75) is 26.3 Å². The summed E-state index contributed by atoms with van der Waals surface area (Å²) in [5.74, 6) is -0.437. The molecule has 1 amide bonds. The molecule has 0 aliphatic heterocycles. The minimum atomic E-state index is -0.515. The van der Waals surface area contributed by atoms with Crippen LogP contribution in [-0.4, -0.2) is 25.1 Å². The van der Waals surface area contributed by atoms with E-state index in [2.05, 4.69) is 29.2 Å². The van der Waals surface area contributed by atoms with Gasteiger partial charge in [-0.05, 0) is 41.8 Å². The lowest BCUT2D eigenvalue weighted by atomic mass is 10.0. The van der Waals surface area contributed by atoms with Gasteiger partial charge in [0.2, 0.25) is 5.91 Å². The van der Waals surface area contributed by atoms with E-state index in [0.29, 0.717) is 22.5 Å². The van der Waals surface area contributed by atoms with E-state index < -0.39 is 11.5 Å². The van der Waals surface area contributed by atoms with Crippen LogP contribution in [0.25, 0.3) is 16.6 Å². The van der Waals surface area contributed by atoms with Crippen LogP contribution in [-0.2, 0) is 11.3 Å². The number of aromatic nitrogens is 4. The first-order valence-electron chi connectivity index (χ1n) is 8.85. The van der Waals surface area contributed by atoms with Crippen LogP contribution in [0.4, 0.5) is 10.1 Å². The van der Waals surface area contributed by atoms with E-state index in [9.17, 15) is 14.0 Å². The molecule has 0 fully saturated rings. The van der Waals surface area contributed by atoms with Gasteiger partial charge in [0.25, 0.3) is 0 Å². The molecule has 0 unspecified atom stereocenters. The predicted molar refractivity (Wildman–Crippen MR) is 104 cm³/mol. The smallest absolute Gasteiger partial charge is 0.324 e. The molecule has 8 heteroatoms. The van der Waals surface area contributed by atoms with E-state index in [4.69, 9.17) is 0 Å². The highest BCUT2D eigenvalue weighted by atomic mass is 19.1. The number of halogens is 1. The van der Waals surface area contributed by atoms with Gasteiger partial charge >= 0.3 is 5.69 Å². The van der Waals surface area contributed by atoms with Gasteiger partial charge in [-0.3, -0.25) is 4.79 Å². The molecule has 28 heavy (non-hydrogen) atoms. The van der Waals surface area contributed by atoms with Gasteiger partial charge in [-0.1, -0.05) is 26.0 Å². The zero-order valence-electron chi connectivity index (χ0n) is 15.4. The van der Waals surface area contributed by atoms with E-state index in [0.717, 1.165) is 4.68 Å². The van der Waals surface area contributed by atoms with Crippen LogP contribution in [0.5, 0.6) is 0 Å². The molecular formula is C20H18FN5O2. The Morgan fingerprint density at radius 2 is 1.93 bits per heavy atom. The minimum Gasteiger partial charge on any atom is -0.324 e. The second-order valence-corrected chi connectivity index (χ2v) is 6.86. The third kappa shape index (κ3) is 3.24. The van der Waals surface area contributed by atoms with Gasteiger partial charge in [0.15, 0.2) is 5.65 Å². The SMILES string of the molecule is CC(C)c1ccc(NC(=O)Cn2nc3c4cc(F)ccc4ncn3c2=O)cc1. The van der Waals surface area contributed by atoms with E-state index in [1.54, 1.807) is 0 Å². The number of nitrogens with one attached hydrogen (secondary N) is 1. The van der Waals surface area contributed by atoms with Crippen LogP contribution in [0.2, 0.25) is 0 Å². The number of fused-ring (bicyclic) bond motifs is 3. The highest BCUT2D eigenvalue weighted by Gasteiger charge is 2.14. The molecule has 0 spiro atoms. The highest BCUT2D eigenvalue weighted by molar-refractivity contribution is 5.92. The van der Waals surface area contributed by atoms with Gasteiger partial charge in [-0.25, -0.2) is 23.3 Å². The molecule has 0 atom stereocenters. The van der Waals surface area contributed by atoms with Crippen molar-refractivity contribution < 1.29 is 9.18 Å². The maximum atomic E-state index is 13.6. The fraction of sp³-hybridized carbons (Fsp3) is 0.200. The number of rotatable bonds is 4. The third-order valence-corrected chi connectivity index (χ3v) is 4.54. The zero-order valence-corrected chi connectivity index (χ0v) is 15.4. The van der Waals surface area contributed by atoms with Gasteiger partial charge in [-0.2, -0.15) is 0 Å². The fourth-order valence-corrected chi connectivity index (χ4v) is 3.02. The van der Waals surface area contributed by atoms with Crippen LogP contribution < -0.4 is 11.0 Å². The number of carbonyl (C=O) groups excluding carboxylic acids is 1. The van der Waals surface area contributed by atoms with E-state index in [-0.39, 0.29) is 18.1 Å². The number of amides is 1. The summed E-state index contributed by atoms with van der Waals surface area (Å²) < 4.78 is 15.8. The molecule has 0 aliphatic carbocycles. The van der Waals surface area contributed by atoms with E-state index in [1.165, 1.54) is 34.5 Å². The molecular weight excluding hydrogens is 361 g/mol. The van der Waals surface area contributed by atoms with Gasteiger partial charge in [-0.15, -0.1) is 5.10 Å². The Hall–Kier alpha value is -3.55. The molecule has 2 aromatic heterocycles. The van der Waals surface area contributed by atoms with Gasteiger partial charge < -0.3 is 5.32 Å². The molecule has 4 rings (SSSR count). The number of carbonyl (C=O) groups is 1. The zero-order chi connectivity index (χ0) is 19.8. The summed E-state index contributed by atoms with van der Waals surface area (Å²) in [5.41, 5.74) is 2.06. The van der Waals surface area contributed by atoms with Crippen LogP contribution in [0.15, 0.2) is 53.6 Å². The van der Waals surface area contributed by atoms with E-state index >= 15 is 0 Å². The summed E-state index contributed by atoms with van der Waals surface area (Å²) in [6.07, 6.45) is 1.32. The molecule has 0 saturated heterocycles. The lowest BCUT2D eigenvalue weighted by molar-refractivity contribution is -0.117. The quantitative estimate of drug-likeness (QED) is 0.591. The molecule has 7 nitrogen and oxygen atoms in total. The number of hydrogen-bond acceptors (Lipinski definition) is 4. The summed E-state index contributed by atoms with van der Waals surface area (Å²) in [4.78, 5) is 29.0. The molecule has 0 saturated carbocycles. The molecule has 1 N–H and O–H groups in total. The molecule has 2 heterocycles. The average molecular weight is 379 g/mol. The van der Waals surface area contributed by atoms with Crippen molar-refractivity contribution in [1.29, 1.82) is 0 Å². The lowest BCUT2D eigenvalue weighted by Crippen LogP contribution is -2.28. The largest absolute Gasteiger partial charge is 0.352 e. The van der Waals surface area contributed by atoms with Crippen molar-refractivity contribution in [3.63, 3.8) is 0 Å². The maximum Gasteiger partial charge on any atom is 0.352 e. The number of hydrogen-bond donors (Lipinski definition) is 1. The van der Waals surface area contributed by atoms with Crippen molar-refractivity contribution in [3.05, 3.63) is 70.7 Å². The van der Waals surface area contributed by atoms with Crippen molar-refractivity contribution in [2.75, 3.05) is 5.32 Å². The summed E-state index contributed by atoms with van der Waals surface area (Å²) >= 11 is 0. The van der Waals surface area contributed by atoms with Crippen LogP contribution in [0.1, 0.15) is 25.3 Å². The van der Waals surface area contributed by atoms with E-state index in [1.807, 2.05) is 24.3 Å². The number of anilines is 1. The minimum absolute atomic E-state index is 0.253. The normalized spacial score (nSPS) is 11.4. The van der Waals surface area contributed by atoms with Crippen molar-refractivity contribution in [2.24, 2.45) is 0 Å². The van der Waals surface area contributed by atoms with Gasteiger partial charge in [0.05, 0.1) is 5.52 Å². The molecule has 0 radical (unpaired) electrons. The Kier molecular flexibility index (Phi) is 4.38. The Labute approximate surface area is 159 Å². The van der Waals surface area contributed by atoms with Crippen LogP contribution >= 0.6 is 0 Å². The molecule has 142 valence electrons. The standard InChI is InChI=1S/C20H18FN5O2/c1-12(2)13-3-6-15(7-4-13)23-18(27)10-26-20(28)25-11-22-17-8-5-14(21)9-16(17)19(25)24-26/h3-9,11-12H,10H2,1-2H3,(H,23,27). The Morgan fingerprint density at radius 3 is 2.64 bits per heavy atom. The lowest BCUT2D eigenvalue weighted by Gasteiger charge is -2.08. The molecule has 4 aromatic rings. The third-order valence-electron chi connectivity index (χ3n) is 4.54. The summed E-state index contributed by atoms with van der Waals surface area (Å²) in [6.45, 7) is 3.92. The summed E-state index contributed by atoms with van der Waals surface area (Å²) in [5, 5.41) is 7.36. The first-order chi connectivity index (χ1) is 13.4.